The lowest BCUT2D eigenvalue weighted by Crippen LogP contribution is -2.15. The van der Waals surface area contributed by atoms with Crippen molar-refractivity contribution in [2.75, 3.05) is 0 Å². The lowest BCUT2D eigenvalue weighted by atomic mass is 9.82. The van der Waals surface area contributed by atoms with Gasteiger partial charge >= 0.3 is 5.97 Å². The van der Waals surface area contributed by atoms with Crippen molar-refractivity contribution in [1.29, 1.82) is 0 Å². The standard InChI is InChI=1S/C27H26O4/c1-27(2,3)26-23(17-24(28)29)31-22-14-8-10-19(25(22)26)15-18-9-7-13-21(16-18)30-20-11-5-4-6-12-20/h4-14,16H,15,17H2,1-3H3,(H,28,29). The molecule has 1 N–H and O–H groups in total. The Morgan fingerprint density at radius 2 is 1.65 bits per heavy atom. The fourth-order valence-electron chi connectivity index (χ4n) is 4.03. The largest absolute Gasteiger partial charge is 0.481 e. The van der Waals surface area contributed by atoms with E-state index in [2.05, 4.69) is 32.9 Å². The van der Waals surface area contributed by atoms with Crippen molar-refractivity contribution in [3.63, 3.8) is 0 Å². The monoisotopic (exact) mass is 414 g/mol. The highest BCUT2D eigenvalue weighted by Gasteiger charge is 2.27. The fourth-order valence-corrected chi connectivity index (χ4v) is 4.03. The minimum atomic E-state index is -0.892. The Labute approximate surface area is 182 Å². The number of carboxylic acid groups (broad SMARTS) is 1. The number of carboxylic acids is 1. The summed E-state index contributed by atoms with van der Waals surface area (Å²) >= 11 is 0. The molecule has 158 valence electrons. The van der Waals surface area contributed by atoms with Crippen molar-refractivity contribution >= 4 is 16.9 Å². The molecule has 0 unspecified atom stereocenters. The minimum absolute atomic E-state index is 0.124. The van der Waals surface area contributed by atoms with Gasteiger partial charge in [-0.15, -0.1) is 0 Å². The van der Waals surface area contributed by atoms with Crippen LogP contribution in [0, 0.1) is 0 Å². The van der Waals surface area contributed by atoms with E-state index in [1.54, 1.807) is 0 Å². The van der Waals surface area contributed by atoms with E-state index in [0.717, 1.165) is 39.2 Å². The lowest BCUT2D eigenvalue weighted by Gasteiger charge is -2.20. The summed E-state index contributed by atoms with van der Waals surface area (Å²) < 4.78 is 12.0. The molecular formula is C27H26O4. The smallest absolute Gasteiger partial charge is 0.311 e. The van der Waals surface area contributed by atoms with Gasteiger partial charge < -0.3 is 14.3 Å². The van der Waals surface area contributed by atoms with Crippen molar-refractivity contribution in [2.45, 2.75) is 39.0 Å². The van der Waals surface area contributed by atoms with Gasteiger partial charge in [-0.1, -0.05) is 63.2 Å². The molecule has 31 heavy (non-hydrogen) atoms. The third-order valence-electron chi connectivity index (χ3n) is 5.21. The van der Waals surface area contributed by atoms with E-state index in [1.807, 2.05) is 60.7 Å². The van der Waals surface area contributed by atoms with E-state index in [4.69, 9.17) is 9.15 Å². The van der Waals surface area contributed by atoms with Crippen molar-refractivity contribution in [1.82, 2.24) is 0 Å². The molecule has 4 rings (SSSR count). The first-order chi connectivity index (χ1) is 14.8. The number of hydrogen-bond acceptors (Lipinski definition) is 3. The van der Waals surface area contributed by atoms with Gasteiger partial charge in [-0.2, -0.15) is 0 Å². The van der Waals surface area contributed by atoms with Crippen LogP contribution >= 0.6 is 0 Å². The van der Waals surface area contributed by atoms with Gasteiger partial charge in [-0.3, -0.25) is 4.79 Å². The van der Waals surface area contributed by atoms with Crippen molar-refractivity contribution in [3.8, 4) is 11.5 Å². The highest BCUT2D eigenvalue weighted by Crippen LogP contribution is 2.38. The van der Waals surface area contributed by atoms with Gasteiger partial charge in [0.05, 0.1) is 0 Å². The molecule has 0 fully saturated rings. The van der Waals surface area contributed by atoms with Gasteiger partial charge in [0, 0.05) is 10.9 Å². The minimum Gasteiger partial charge on any atom is -0.481 e. The molecule has 3 aromatic carbocycles. The van der Waals surface area contributed by atoms with E-state index in [0.29, 0.717) is 12.2 Å². The third-order valence-corrected chi connectivity index (χ3v) is 5.21. The van der Waals surface area contributed by atoms with Gasteiger partial charge in [-0.05, 0) is 53.3 Å². The Kier molecular flexibility index (Phi) is 5.55. The van der Waals surface area contributed by atoms with Crippen LogP contribution in [0.4, 0.5) is 0 Å². The Bertz CT molecular complexity index is 1210. The van der Waals surface area contributed by atoms with E-state index >= 15 is 0 Å². The van der Waals surface area contributed by atoms with Gasteiger partial charge in [0.25, 0.3) is 0 Å². The van der Waals surface area contributed by atoms with E-state index in [9.17, 15) is 9.90 Å². The number of furan rings is 1. The van der Waals surface area contributed by atoms with Crippen LogP contribution in [-0.2, 0) is 23.1 Å². The summed E-state index contributed by atoms with van der Waals surface area (Å²) in [4.78, 5) is 11.4. The van der Waals surface area contributed by atoms with Gasteiger partial charge in [0.1, 0.15) is 29.3 Å². The maximum absolute atomic E-state index is 11.4. The van der Waals surface area contributed by atoms with Gasteiger partial charge in [-0.25, -0.2) is 0 Å². The zero-order valence-corrected chi connectivity index (χ0v) is 18.0. The topological polar surface area (TPSA) is 59.7 Å². The molecule has 0 aliphatic carbocycles. The predicted molar refractivity (Wildman–Crippen MR) is 122 cm³/mol. The van der Waals surface area contributed by atoms with Crippen LogP contribution in [0.5, 0.6) is 11.5 Å². The molecule has 0 saturated heterocycles. The number of fused-ring (bicyclic) bond motifs is 1. The number of para-hydroxylation sites is 1. The Morgan fingerprint density at radius 3 is 2.35 bits per heavy atom. The first kappa shape index (κ1) is 20.7. The van der Waals surface area contributed by atoms with Gasteiger partial charge in [0.2, 0.25) is 0 Å². The van der Waals surface area contributed by atoms with Crippen LogP contribution in [0.3, 0.4) is 0 Å². The molecule has 0 radical (unpaired) electrons. The Balaban J connectivity index is 1.73. The van der Waals surface area contributed by atoms with E-state index < -0.39 is 5.97 Å². The quantitative estimate of drug-likeness (QED) is 0.379. The van der Waals surface area contributed by atoms with E-state index in [-0.39, 0.29) is 11.8 Å². The molecule has 0 spiro atoms. The normalized spacial score (nSPS) is 11.6. The van der Waals surface area contributed by atoms with Gasteiger partial charge in [0.15, 0.2) is 0 Å². The molecular weight excluding hydrogens is 388 g/mol. The van der Waals surface area contributed by atoms with Crippen molar-refractivity contribution in [2.24, 2.45) is 0 Å². The SMILES string of the molecule is CC(C)(C)c1c(CC(=O)O)oc2cccc(Cc3cccc(Oc4ccccc4)c3)c12. The first-order valence-corrected chi connectivity index (χ1v) is 10.4. The van der Waals surface area contributed by atoms with Crippen LogP contribution in [-0.4, -0.2) is 11.1 Å². The van der Waals surface area contributed by atoms with Crippen molar-refractivity contribution < 1.29 is 19.1 Å². The Morgan fingerprint density at radius 1 is 0.935 bits per heavy atom. The zero-order chi connectivity index (χ0) is 22.0. The molecule has 0 amide bonds. The second kappa shape index (κ2) is 8.31. The summed E-state index contributed by atoms with van der Waals surface area (Å²) in [6, 6.07) is 23.7. The maximum Gasteiger partial charge on any atom is 0.311 e. The fraction of sp³-hybridized carbons (Fsp3) is 0.222. The van der Waals surface area contributed by atoms with Crippen LogP contribution < -0.4 is 4.74 Å². The molecule has 4 heteroatoms. The van der Waals surface area contributed by atoms with Crippen LogP contribution in [0.1, 0.15) is 43.2 Å². The highest BCUT2D eigenvalue weighted by molar-refractivity contribution is 5.88. The van der Waals surface area contributed by atoms with Crippen molar-refractivity contribution in [3.05, 3.63) is 95.2 Å². The second-order valence-corrected chi connectivity index (χ2v) is 8.75. The third kappa shape index (κ3) is 4.64. The predicted octanol–water partition coefficient (Wildman–Crippen LogP) is 6.74. The summed E-state index contributed by atoms with van der Waals surface area (Å²) in [5, 5.41) is 10.4. The Hall–Kier alpha value is -3.53. The summed E-state index contributed by atoms with van der Waals surface area (Å²) in [5.74, 6) is 1.22. The van der Waals surface area contributed by atoms with E-state index in [1.165, 1.54) is 0 Å². The van der Waals surface area contributed by atoms with Crippen LogP contribution in [0.15, 0.2) is 77.2 Å². The molecule has 0 saturated carbocycles. The molecule has 4 aromatic rings. The number of ether oxygens (including phenoxy) is 1. The summed E-state index contributed by atoms with van der Waals surface area (Å²) in [7, 11) is 0. The molecule has 4 nitrogen and oxygen atoms in total. The average molecular weight is 415 g/mol. The second-order valence-electron chi connectivity index (χ2n) is 8.75. The molecule has 0 aliphatic rings. The number of rotatable bonds is 6. The molecule has 0 atom stereocenters. The summed E-state index contributed by atoms with van der Waals surface area (Å²) in [5.41, 5.74) is 3.68. The molecule has 0 aliphatic heterocycles. The van der Waals surface area contributed by atoms with Crippen LogP contribution in [0.2, 0.25) is 0 Å². The number of aliphatic carboxylic acids is 1. The zero-order valence-electron chi connectivity index (χ0n) is 18.0. The number of carbonyl (C=O) groups is 1. The summed E-state index contributed by atoms with van der Waals surface area (Å²) in [6.07, 6.45) is 0.569. The maximum atomic E-state index is 11.4. The lowest BCUT2D eigenvalue weighted by molar-refractivity contribution is -0.136. The molecule has 0 bridgehead atoms. The molecule has 1 heterocycles. The average Bonchev–Trinajstić information content (AvgIpc) is 3.08. The number of benzene rings is 3. The summed E-state index contributed by atoms with van der Waals surface area (Å²) in [6.45, 7) is 6.27. The first-order valence-electron chi connectivity index (χ1n) is 10.4. The molecule has 1 aromatic heterocycles. The van der Waals surface area contributed by atoms with Crippen LogP contribution in [0.25, 0.3) is 11.0 Å². The number of hydrogen-bond donors (Lipinski definition) is 1. The highest BCUT2D eigenvalue weighted by atomic mass is 16.5.